The quantitative estimate of drug-likeness (QED) is 0.461. The lowest BCUT2D eigenvalue weighted by Crippen LogP contribution is -3.00. The monoisotopic (exact) mass is 487 g/mol. The van der Waals surface area contributed by atoms with Crippen LogP contribution in [0.4, 0.5) is 10.1 Å². The highest BCUT2D eigenvalue weighted by Crippen LogP contribution is 2.31. The molecule has 1 aromatic heterocycles. The predicted octanol–water partition coefficient (Wildman–Crippen LogP) is -0.0846. The van der Waals surface area contributed by atoms with Crippen molar-refractivity contribution in [1.82, 2.24) is 25.1 Å². The van der Waals surface area contributed by atoms with Crippen LogP contribution in [0, 0.1) is 5.82 Å². The van der Waals surface area contributed by atoms with Crippen molar-refractivity contribution in [2.45, 2.75) is 31.5 Å². The number of tetrazole rings is 1. The van der Waals surface area contributed by atoms with Crippen LogP contribution in [-0.4, -0.2) is 71.1 Å². The minimum Gasteiger partial charge on any atom is -1.00 e. The van der Waals surface area contributed by atoms with E-state index in [9.17, 15) is 4.39 Å². The summed E-state index contributed by atoms with van der Waals surface area (Å²) in [5.41, 5.74) is 2.16. The number of rotatable bonds is 7. The highest BCUT2D eigenvalue weighted by atomic mass is 35.5. The third kappa shape index (κ3) is 5.32. The lowest BCUT2D eigenvalue weighted by Gasteiger charge is -2.40. The minimum atomic E-state index is -0.213. The zero-order chi connectivity index (χ0) is 22.6. The van der Waals surface area contributed by atoms with Crippen LogP contribution in [0.5, 0.6) is 5.75 Å². The summed E-state index contributed by atoms with van der Waals surface area (Å²) in [5, 5.41) is 12.8. The lowest BCUT2D eigenvalue weighted by molar-refractivity contribution is -0.00000936. The summed E-state index contributed by atoms with van der Waals surface area (Å²) in [5.74, 6) is 1.43. The van der Waals surface area contributed by atoms with Gasteiger partial charge in [-0.2, -0.15) is 0 Å². The second-order valence-electron chi connectivity index (χ2n) is 8.53. The van der Waals surface area contributed by atoms with E-state index in [0.29, 0.717) is 6.54 Å². The van der Waals surface area contributed by atoms with Crippen molar-refractivity contribution in [2.75, 3.05) is 44.8 Å². The van der Waals surface area contributed by atoms with Gasteiger partial charge in [-0.05, 0) is 65.2 Å². The van der Waals surface area contributed by atoms with Crippen molar-refractivity contribution in [1.29, 1.82) is 0 Å². The van der Waals surface area contributed by atoms with Crippen molar-refractivity contribution in [3.8, 4) is 5.75 Å². The highest BCUT2D eigenvalue weighted by molar-refractivity contribution is 5.46. The van der Waals surface area contributed by atoms with Crippen molar-refractivity contribution in [2.24, 2.45) is 0 Å². The Bertz CT molecular complexity index is 1030. The number of methoxy groups -OCH3 is 1. The number of anilines is 1. The number of halogens is 2. The van der Waals surface area contributed by atoms with Crippen LogP contribution < -0.4 is 22.0 Å². The van der Waals surface area contributed by atoms with Crippen LogP contribution in [0.2, 0.25) is 0 Å². The van der Waals surface area contributed by atoms with Gasteiger partial charge in [0.2, 0.25) is 0 Å². The van der Waals surface area contributed by atoms with E-state index < -0.39 is 0 Å². The Balaban J connectivity index is 0.00000274. The molecule has 2 fully saturated rings. The van der Waals surface area contributed by atoms with Crippen molar-refractivity contribution < 1.29 is 26.3 Å². The molecule has 2 aromatic carbocycles. The first-order chi connectivity index (χ1) is 16.2. The summed E-state index contributed by atoms with van der Waals surface area (Å²) >= 11 is 0. The van der Waals surface area contributed by atoms with E-state index in [1.54, 1.807) is 7.11 Å². The van der Waals surface area contributed by atoms with Gasteiger partial charge in [-0.25, -0.2) is 9.07 Å². The molecule has 5 rings (SSSR count). The van der Waals surface area contributed by atoms with Crippen LogP contribution >= 0.6 is 0 Å². The van der Waals surface area contributed by atoms with Crippen LogP contribution in [0.3, 0.4) is 0 Å². The second-order valence-corrected chi connectivity index (χ2v) is 8.53. The number of aromatic nitrogens is 4. The molecular weight excluding hydrogens is 459 g/mol. The summed E-state index contributed by atoms with van der Waals surface area (Å²) in [6, 6.07) is 14.8. The van der Waals surface area contributed by atoms with Crippen LogP contribution in [0.25, 0.3) is 0 Å². The number of ether oxygens (including phenoxy) is 2. The molecule has 2 saturated heterocycles. The molecule has 182 valence electrons. The first kappa shape index (κ1) is 24.4. The number of benzene rings is 2. The molecule has 3 heterocycles. The predicted molar refractivity (Wildman–Crippen MR) is 122 cm³/mol. The number of hydrogen-bond acceptors (Lipinski definition) is 7. The maximum absolute atomic E-state index is 13.3. The Morgan fingerprint density at radius 3 is 2.44 bits per heavy atom. The molecule has 2 atom stereocenters. The molecule has 3 aromatic rings. The van der Waals surface area contributed by atoms with Gasteiger partial charge in [-0.15, -0.1) is 5.10 Å². The largest absolute Gasteiger partial charge is 1.00 e. The van der Waals surface area contributed by atoms with E-state index in [4.69, 9.17) is 9.47 Å². The van der Waals surface area contributed by atoms with Gasteiger partial charge in [0, 0.05) is 38.5 Å². The molecule has 8 nitrogen and oxygen atoms in total. The zero-order valence-corrected chi connectivity index (χ0v) is 19.9. The van der Waals surface area contributed by atoms with E-state index in [1.165, 1.54) is 12.1 Å². The van der Waals surface area contributed by atoms with E-state index in [0.717, 1.165) is 68.5 Å². The molecule has 0 saturated carbocycles. The molecular formula is C24H29ClFN6O2-. The number of piperazine rings is 1. The Hall–Kier alpha value is -2.75. The van der Waals surface area contributed by atoms with Crippen molar-refractivity contribution in [3.63, 3.8) is 0 Å². The van der Waals surface area contributed by atoms with Gasteiger partial charge >= 0.3 is 0 Å². The molecule has 10 heteroatoms. The standard InChI is InChI=1S/C24H29FN6O2.ClH/c1-32-21-10-4-18(5-11-21)23(24-26-27-28-31(24)17-22-3-2-16-33-22)30-14-12-29(13-15-30)20-8-6-19(25)7-9-20;/h4-11,22-23H,2-3,12-17H2,1H3;1H/p-1. The fourth-order valence-electron chi connectivity index (χ4n) is 4.72. The zero-order valence-electron chi connectivity index (χ0n) is 19.2. The molecule has 2 aliphatic rings. The first-order valence-electron chi connectivity index (χ1n) is 11.5. The third-order valence-corrected chi connectivity index (χ3v) is 6.51. The number of hydrogen-bond donors (Lipinski definition) is 0. The minimum absolute atomic E-state index is 0. The lowest BCUT2D eigenvalue weighted by atomic mass is 10.0. The highest BCUT2D eigenvalue weighted by Gasteiger charge is 2.31. The van der Waals surface area contributed by atoms with Gasteiger partial charge in [-0.3, -0.25) is 4.90 Å². The molecule has 0 aliphatic carbocycles. The summed E-state index contributed by atoms with van der Waals surface area (Å²) in [6.07, 6.45) is 2.26. The summed E-state index contributed by atoms with van der Waals surface area (Å²) in [4.78, 5) is 4.70. The van der Waals surface area contributed by atoms with Gasteiger partial charge in [0.25, 0.3) is 0 Å². The topological polar surface area (TPSA) is 68.5 Å². The third-order valence-electron chi connectivity index (χ3n) is 6.51. The van der Waals surface area contributed by atoms with Gasteiger partial charge in [0.15, 0.2) is 5.82 Å². The Kier molecular flexibility index (Phi) is 7.97. The molecule has 0 bridgehead atoms. The molecule has 2 unspecified atom stereocenters. The molecule has 0 amide bonds. The SMILES string of the molecule is COc1ccc(C(c2nnnn2CC2CCCO2)N2CCN(c3ccc(F)cc3)CC2)cc1.[Cl-]. The molecule has 2 aliphatic heterocycles. The van der Waals surface area contributed by atoms with Crippen molar-refractivity contribution >= 4 is 5.69 Å². The molecule has 34 heavy (non-hydrogen) atoms. The Morgan fingerprint density at radius 1 is 1.06 bits per heavy atom. The smallest absolute Gasteiger partial charge is 0.173 e. The molecule has 0 N–H and O–H groups in total. The molecule has 0 radical (unpaired) electrons. The average molecular weight is 488 g/mol. The maximum atomic E-state index is 13.3. The van der Waals surface area contributed by atoms with Gasteiger partial charge < -0.3 is 26.8 Å². The van der Waals surface area contributed by atoms with E-state index in [2.05, 4.69) is 37.5 Å². The fraction of sp³-hybridized carbons (Fsp3) is 0.458. The normalized spacial score (nSPS) is 19.6. The maximum Gasteiger partial charge on any atom is 0.173 e. The first-order valence-corrected chi connectivity index (χ1v) is 11.5. The van der Waals surface area contributed by atoms with Crippen LogP contribution in [0.1, 0.15) is 30.3 Å². The Labute approximate surface area is 205 Å². The molecule has 0 spiro atoms. The Morgan fingerprint density at radius 2 is 1.79 bits per heavy atom. The fourth-order valence-corrected chi connectivity index (χ4v) is 4.72. The van der Waals surface area contributed by atoms with Gasteiger partial charge in [-0.1, -0.05) is 12.1 Å². The van der Waals surface area contributed by atoms with Crippen LogP contribution in [-0.2, 0) is 11.3 Å². The summed E-state index contributed by atoms with van der Waals surface area (Å²) in [6.45, 7) is 4.80. The van der Waals surface area contributed by atoms with E-state index >= 15 is 0 Å². The second kappa shape index (κ2) is 11.1. The van der Waals surface area contributed by atoms with E-state index in [1.807, 2.05) is 28.9 Å². The van der Waals surface area contributed by atoms with Crippen molar-refractivity contribution in [3.05, 3.63) is 65.7 Å². The number of nitrogens with zero attached hydrogens (tertiary/aromatic N) is 6. The summed E-state index contributed by atoms with van der Waals surface area (Å²) < 4.78 is 26.4. The van der Waals surface area contributed by atoms with Crippen LogP contribution in [0.15, 0.2) is 48.5 Å². The summed E-state index contributed by atoms with van der Waals surface area (Å²) in [7, 11) is 1.67. The average Bonchev–Trinajstić information content (AvgIpc) is 3.54. The van der Waals surface area contributed by atoms with Gasteiger partial charge in [0.05, 0.1) is 25.8 Å². The van der Waals surface area contributed by atoms with E-state index in [-0.39, 0.29) is 30.4 Å². The van der Waals surface area contributed by atoms with Gasteiger partial charge in [0.1, 0.15) is 11.6 Å².